The first-order chi connectivity index (χ1) is 13.2. The molecule has 152 valence electrons. The molecule has 0 bridgehead atoms. The zero-order valence-electron chi connectivity index (χ0n) is 15.1. The highest BCUT2D eigenvalue weighted by molar-refractivity contribution is 9.10. The summed E-state index contributed by atoms with van der Waals surface area (Å²) in [5, 5.41) is 12.6. The lowest BCUT2D eigenvalue weighted by Gasteiger charge is -2.18. The van der Waals surface area contributed by atoms with Gasteiger partial charge in [-0.1, -0.05) is 18.2 Å². The first kappa shape index (κ1) is 22.0. The maximum Gasteiger partial charge on any atom is 0.416 e. The van der Waals surface area contributed by atoms with Crippen LogP contribution in [0.1, 0.15) is 34.5 Å². The van der Waals surface area contributed by atoms with Crippen LogP contribution in [0.15, 0.2) is 40.9 Å². The second-order valence-electron chi connectivity index (χ2n) is 5.73. The molecule has 0 heterocycles. The van der Waals surface area contributed by atoms with E-state index >= 15 is 0 Å². The van der Waals surface area contributed by atoms with Crippen molar-refractivity contribution in [3.05, 3.63) is 57.6 Å². The summed E-state index contributed by atoms with van der Waals surface area (Å²) in [4.78, 5) is 12.4. The number of rotatable bonds is 7. The molecule has 0 saturated carbocycles. The minimum Gasteiger partial charge on any atom is -0.493 e. The third-order valence-corrected chi connectivity index (χ3v) is 4.45. The Hall–Kier alpha value is -2.26. The zero-order chi connectivity index (χ0) is 20.9. The van der Waals surface area contributed by atoms with Gasteiger partial charge in [0.2, 0.25) is 0 Å². The predicted molar refractivity (Wildman–Crippen MR) is 101 cm³/mol. The summed E-state index contributed by atoms with van der Waals surface area (Å²) < 4.78 is 50.4. The number of hydrogen-bond donors (Lipinski definition) is 2. The van der Waals surface area contributed by atoms with Crippen molar-refractivity contribution >= 4 is 21.8 Å². The summed E-state index contributed by atoms with van der Waals surface area (Å²) in [6.45, 7) is 1.80. The van der Waals surface area contributed by atoms with E-state index in [0.717, 1.165) is 6.07 Å². The number of benzene rings is 2. The molecule has 0 unspecified atom stereocenters. The molecule has 0 aliphatic rings. The fourth-order valence-electron chi connectivity index (χ4n) is 2.58. The van der Waals surface area contributed by atoms with Gasteiger partial charge >= 0.3 is 6.18 Å². The summed E-state index contributed by atoms with van der Waals surface area (Å²) in [5.41, 5.74) is -1.05. The Bertz CT molecular complexity index is 842. The fraction of sp³-hybridized carbons (Fsp3) is 0.316. The van der Waals surface area contributed by atoms with Gasteiger partial charge in [-0.2, -0.15) is 13.2 Å². The Kier molecular flexibility index (Phi) is 7.31. The summed E-state index contributed by atoms with van der Waals surface area (Å²) in [7, 11) is 1.42. The Morgan fingerprint density at radius 3 is 2.57 bits per heavy atom. The van der Waals surface area contributed by atoms with Crippen LogP contribution < -0.4 is 14.8 Å². The fourth-order valence-corrected chi connectivity index (χ4v) is 3.14. The van der Waals surface area contributed by atoms with Gasteiger partial charge in [0, 0.05) is 12.1 Å². The van der Waals surface area contributed by atoms with Crippen molar-refractivity contribution in [3.63, 3.8) is 0 Å². The minimum atomic E-state index is -4.60. The third-order valence-electron chi connectivity index (χ3n) is 3.86. The van der Waals surface area contributed by atoms with Crippen molar-refractivity contribution < 1.29 is 32.5 Å². The SMILES string of the molecule is CCOc1c(Br)cc(C(=O)NC[C@@H](O)c2ccccc2C(F)(F)F)cc1OC. The van der Waals surface area contributed by atoms with E-state index in [9.17, 15) is 23.1 Å². The van der Waals surface area contributed by atoms with Crippen molar-refractivity contribution in [3.8, 4) is 11.5 Å². The van der Waals surface area contributed by atoms with Crippen LogP contribution in [-0.4, -0.2) is 31.3 Å². The van der Waals surface area contributed by atoms with Crippen molar-refractivity contribution in [2.75, 3.05) is 20.3 Å². The molecule has 1 amide bonds. The Morgan fingerprint density at radius 1 is 1.29 bits per heavy atom. The van der Waals surface area contributed by atoms with E-state index in [0.29, 0.717) is 22.6 Å². The largest absolute Gasteiger partial charge is 0.493 e. The van der Waals surface area contributed by atoms with Gasteiger partial charge in [0.15, 0.2) is 11.5 Å². The molecule has 0 aliphatic carbocycles. The highest BCUT2D eigenvalue weighted by Gasteiger charge is 2.34. The van der Waals surface area contributed by atoms with Crippen LogP contribution in [0.2, 0.25) is 0 Å². The Morgan fingerprint density at radius 2 is 1.96 bits per heavy atom. The molecule has 0 aromatic heterocycles. The van der Waals surface area contributed by atoms with Crippen molar-refractivity contribution in [2.24, 2.45) is 0 Å². The van der Waals surface area contributed by atoms with Gasteiger partial charge in [-0.05, 0) is 46.6 Å². The van der Waals surface area contributed by atoms with Crippen LogP contribution in [-0.2, 0) is 6.18 Å². The first-order valence-electron chi connectivity index (χ1n) is 8.31. The number of aliphatic hydroxyl groups excluding tert-OH is 1. The molecule has 28 heavy (non-hydrogen) atoms. The molecule has 0 saturated heterocycles. The molecule has 0 fully saturated rings. The molecular formula is C19H19BrF3NO4. The van der Waals surface area contributed by atoms with E-state index in [1.165, 1.54) is 37.4 Å². The van der Waals surface area contributed by atoms with Crippen LogP contribution in [0.5, 0.6) is 11.5 Å². The summed E-state index contributed by atoms with van der Waals surface area (Å²) in [5.74, 6) is 0.176. The summed E-state index contributed by atoms with van der Waals surface area (Å²) >= 11 is 3.30. The van der Waals surface area contributed by atoms with Crippen LogP contribution in [0.3, 0.4) is 0 Å². The van der Waals surface area contributed by atoms with E-state index in [-0.39, 0.29) is 17.7 Å². The Balaban J connectivity index is 2.16. The van der Waals surface area contributed by atoms with E-state index in [1.807, 2.05) is 0 Å². The molecule has 9 heteroatoms. The van der Waals surface area contributed by atoms with Crippen LogP contribution in [0.4, 0.5) is 13.2 Å². The lowest BCUT2D eigenvalue weighted by atomic mass is 10.0. The average Bonchev–Trinajstić information content (AvgIpc) is 2.66. The van der Waals surface area contributed by atoms with Crippen LogP contribution in [0.25, 0.3) is 0 Å². The average molecular weight is 462 g/mol. The number of ether oxygens (including phenoxy) is 2. The molecule has 2 aromatic rings. The monoisotopic (exact) mass is 461 g/mol. The van der Waals surface area contributed by atoms with Gasteiger partial charge in [-0.3, -0.25) is 4.79 Å². The minimum absolute atomic E-state index is 0.198. The number of nitrogens with one attached hydrogen (secondary N) is 1. The molecule has 2 rings (SSSR count). The van der Waals surface area contributed by atoms with Crippen LogP contribution >= 0.6 is 15.9 Å². The van der Waals surface area contributed by atoms with E-state index < -0.39 is 23.8 Å². The van der Waals surface area contributed by atoms with Crippen LogP contribution in [0, 0.1) is 0 Å². The molecular weight excluding hydrogens is 443 g/mol. The van der Waals surface area contributed by atoms with E-state index in [1.54, 1.807) is 6.92 Å². The molecule has 2 N–H and O–H groups in total. The molecule has 0 spiro atoms. The second kappa shape index (κ2) is 9.29. The van der Waals surface area contributed by atoms with Crippen molar-refractivity contribution in [1.29, 1.82) is 0 Å². The smallest absolute Gasteiger partial charge is 0.416 e. The van der Waals surface area contributed by atoms with Crippen molar-refractivity contribution in [1.82, 2.24) is 5.32 Å². The number of halogens is 4. The van der Waals surface area contributed by atoms with Gasteiger partial charge in [-0.25, -0.2) is 0 Å². The van der Waals surface area contributed by atoms with E-state index in [2.05, 4.69) is 21.2 Å². The second-order valence-corrected chi connectivity index (χ2v) is 6.59. The van der Waals surface area contributed by atoms with Crippen molar-refractivity contribution in [2.45, 2.75) is 19.2 Å². The number of alkyl halides is 3. The topological polar surface area (TPSA) is 67.8 Å². The quantitative estimate of drug-likeness (QED) is 0.643. The number of hydrogen-bond acceptors (Lipinski definition) is 4. The van der Waals surface area contributed by atoms with Gasteiger partial charge < -0.3 is 19.9 Å². The maximum absolute atomic E-state index is 13.1. The molecule has 0 radical (unpaired) electrons. The number of methoxy groups -OCH3 is 1. The zero-order valence-corrected chi connectivity index (χ0v) is 16.7. The summed E-state index contributed by atoms with van der Waals surface area (Å²) in [6.07, 6.45) is -6.12. The van der Waals surface area contributed by atoms with Gasteiger partial charge in [0.1, 0.15) is 0 Å². The first-order valence-corrected chi connectivity index (χ1v) is 9.11. The summed E-state index contributed by atoms with van der Waals surface area (Å²) in [6, 6.07) is 7.64. The molecule has 2 aromatic carbocycles. The van der Waals surface area contributed by atoms with Gasteiger partial charge in [0.05, 0.1) is 29.9 Å². The molecule has 0 aliphatic heterocycles. The maximum atomic E-state index is 13.1. The Labute approximate surface area is 168 Å². The van der Waals surface area contributed by atoms with Gasteiger partial charge in [0.25, 0.3) is 5.91 Å². The number of aliphatic hydroxyl groups is 1. The highest BCUT2D eigenvalue weighted by atomic mass is 79.9. The number of carbonyl (C=O) groups is 1. The number of amides is 1. The molecule has 5 nitrogen and oxygen atoms in total. The normalized spacial score (nSPS) is 12.4. The predicted octanol–water partition coefficient (Wildman–Crippen LogP) is 4.34. The van der Waals surface area contributed by atoms with Gasteiger partial charge in [-0.15, -0.1) is 0 Å². The lowest BCUT2D eigenvalue weighted by Crippen LogP contribution is -2.29. The highest BCUT2D eigenvalue weighted by Crippen LogP contribution is 2.37. The lowest BCUT2D eigenvalue weighted by molar-refractivity contribution is -0.139. The van der Waals surface area contributed by atoms with E-state index in [4.69, 9.17) is 9.47 Å². The molecule has 1 atom stereocenters. The third kappa shape index (κ3) is 5.17. The standard InChI is InChI=1S/C19H19BrF3NO4/c1-3-28-17-14(20)8-11(9-16(17)27-2)18(26)24-10-15(25)12-6-4-5-7-13(12)19(21,22)23/h4-9,15,25H,3,10H2,1-2H3,(H,24,26)/t15-/m1/s1. The number of carbonyl (C=O) groups excluding carboxylic acids is 1.